The number of nitrogens with one attached hydrogen (secondary N) is 1. The fourth-order valence-electron chi connectivity index (χ4n) is 2.19. The molecule has 0 bridgehead atoms. The summed E-state index contributed by atoms with van der Waals surface area (Å²) < 4.78 is 0. The van der Waals surface area contributed by atoms with Gasteiger partial charge in [0.05, 0.1) is 6.54 Å². The minimum absolute atomic E-state index is 0.893. The number of aliphatic imine (C=N–C) groups is 2. The van der Waals surface area contributed by atoms with E-state index in [-0.39, 0.29) is 0 Å². The number of benzene rings is 1. The van der Waals surface area contributed by atoms with Crippen molar-refractivity contribution in [3.05, 3.63) is 35.4 Å². The molecule has 2 aliphatic heterocycles. The zero-order chi connectivity index (χ0) is 10.8. The quantitative estimate of drug-likeness (QED) is 0.796. The van der Waals surface area contributed by atoms with E-state index in [2.05, 4.69) is 39.6 Å². The van der Waals surface area contributed by atoms with Crippen LogP contribution in [0.5, 0.6) is 0 Å². The largest absolute Gasteiger partial charge is 0.368 e. The first kappa shape index (κ1) is 9.58. The van der Waals surface area contributed by atoms with Crippen molar-refractivity contribution < 1.29 is 0 Å². The van der Waals surface area contributed by atoms with E-state index >= 15 is 0 Å². The van der Waals surface area contributed by atoms with E-state index in [9.17, 15) is 0 Å². The Labute approximate surface area is 95.3 Å². The van der Waals surface area contributed by atoms with Gasteiger partial charge >= 0.3 is 0 Å². The van der Waals surface area contributed by atoms with Crippen LogP contribution in [0.25, 0.3) is 0 Å². The summed E-state index contributed by atoms with van der Waals surface area (Å²) >= 11 is 0. The van der Waals surface area contributed by atoms with Crippen molar-refractivity contribution in [2.45, 2.75) is 12.8 Å². The van der Waals surface area contributed by atoms with Gasteiger partial charge in [-0.15, -0.1) is 0 Å². The zero-order valence-electron chi connectivity index (χ0n) is 9.24. The van der Waals surface area contributed by atoms with Crippen LogP contribution in [0.3, 0.4) is 0 Å². The fraction of sp³-hybridized carbons (Fsp3) is 0.385. The van der Waals surface area contributed by atoms with Gasteiger partial charge in [0, 0.05) is 24.4 Å². The van der Waals surface area contributed by atoms with Crippen molar-refractivity contribution >= 4 is 11.5 Å². The van der Waals surface area contributed by atoms with Crippen LogP contribution in [0.1, 0.15) is 24.0 Å². The maximum atomic E-state index is 4.50. The van der Waals surface area contributed by atoms with E-state index < -0.39 is 0 Å². The number of hydrogen-bond acceptors (Lipinski definition) is 3. The molecule has 0 aromatic heterocycles. The van der Waals surface area contributed by atoms with Gasteiger partial charge in [-0.05, 0) is 18.4 Å². The van der Waals surface area contributed by atoms with Crippen LogP contribution in [-0.2, 0) is 0 Å². The van der Waals surface area contributed by atoms with E-state index in [1.54, 1.807) is 0 Å². The SMILES string of the molecule is c1cc(C2=NCCN2)ccc1C1=NCCC1. The lowest BCUT2D eigenvalue weighted by Crippen LogP contribution is -2.19. The molecule has 82 valence electrons. The molecule has 1 aromatic carbocycles. The van der Waals surface area contributed by atoms with Crippen LogP contribution in [0, 0.1) is 0 Å². The second-order valence-electron chi connectivity index (χ2n) is 4.17. The third-order valence-electron chi connectivity index (χ3n) is 3.04. The summed E-state index contributed by atoms with van der Waals surface area (Å²) in [6.45, 7) is 2.85. The van der Waals surface area contributed by atoms with Gasteiger partial charge in [-0.25, -0.2) is 0 Å². The first-order valence-corrected chi connectivity index (χ1v) is 5.86. The molecule has 2 aliphatic rings. The maximum absolute atomic E-state index is 4.50. The molecule has 3 nitrogen and oxygen atoms in total. The topological polar surface area (TPSA) is 36.8 Å². The third-order valence-corrected chi connectivity index (χ3v) is 3.04. The van der Waals surface area contributed by atoms with Gasteiger partial charge in [0.25, 0.3) is 0 Å². The Morgan fingerprint density at radius 3 is 2.38 bits per heavy atom. The molecule has 0 saturated carbocycles. The Kier molecular flexibility index (Phi) is 2.44. The molecular weight excluding hydrogens is 198 g/mol. The molecule has 16 heavy (non-hydrogen) atoms. The first-order valence-electron chi connectivity index (χ1n) is 5.86. The zero-order valence-corrected chi connectivity index (χ0v) is 9.24. The van der Waals surface area contributed by atoms with Crippen molar-refractivity contribution in [2.24, 2.45) is 9.98 Å². The Morgan fingerprint density at radius 2 is 1.75 bits per heavy atom. The monoisotopic (exact) mass is 213 g/mol. The van der Waals surface area contributed by atoms with Crippen molar-refractivity contribution in [3.63, 3.8) is 0 Å². The van der Waals surface area contributed by atoms with Crippen molar-refractivity contribution in [3.8, 4) is 0 Å². The van der Waals surface area contributed by atoms with Crippen molar-refractivity contribution in [2.75, 3.05) is 19.6 Å². The lowest BCUT2D eigenvalue weighted by molar-refractivity contribution is 0.951. The molecule has 0 aliphatic carbocycles. The maximum Gasteiger partial charge on any atom is 0.128 e. The average molecular weight is 213 g/mol. The second-order valence-corrected chi connectivity index (χ2v) is 4.17. The summed E-state index contributed by atoms with van der Waals surface area (Å²) in [5.41, 5.74) is 3.70. The highest BCUT2D eigenvalue weighted by Gasteiger charge is 2.11. The molecule has 0 spiro atoms. The normalized spacial score (nSPS) is 19.2. The number of hydrogen-bond donors (Lipinski definition) is 1. The molecule has 0 atom stereocenters. The number of nitrogens with zero attached hydrogens (tertiary/aromatic N) is 2. The van der Waals surface area contributed by atoms with Gasteiger partial charge in [0.2, 0.25) is 0 Å². The summed E-state index contributed by atoms with van der Waals surface area (Å²) in [5.74, 6) is 1.03. The Hall–Kier alpha value is -1.64. The van der Waals surface area contributed by atoms with Gasteiger partial charge < -0.3 is 5.32 Å². The van der Waals surface area contributed by atoms with Gasteiger partial charge in [-0.3, -0.25) is 9.98 Å². The van der Waals surface area contributed by atoms with Crippen LogP contribution < -0.4 is 5.32 Å². The molecular formula is C13H15N3. The predicted molar refractivity (Wildman–Crippen MR) is 66.5 cm³/mol. The standard InChI is InChI=1S/C13H15N3/c1-2-12(14-7-1)10-3-5-11(6-4-10)13-15-8-9-16-13/h3-6H,1-2,7-9H2,(H,15,16). The molecule has 2 heterocycles. The molecule has 0 radical (unpaired) electrons. The molecule has 3 heteroatoms. The molecule has 0 saturated heterocycles. The summed E-state index contributed by atoms with van der Waals surface area (Å²) in [7, 11) is 0. The summed E-state index contributed by atoms with van der Waals surface area (Å²) in [6, 6.07) is 8.57. The van der Waals surface area contributed by atoms with E-state index in [0.29, 0.717) is 0 Å². The van der Waals surface area contributed by atoms with Gasteiger partial charge in [-0.2, -0.15) is 0 Å². The lowest BCUT2D eigenvalue weighted by Gasteiger charge is -2.04. The highest BCUT2D eigenvalue weighted by Crippen LogP contribution is 2.14. The Balaban J connectivity index is 1.84. The molecule has 3 rings (SSSR count). The summed E-state index contributed by atoms with van der Waals surface area (Å²) in [5, 5.41) is 3.28. The molecule has 0 unspecified atom stereocenters. The molecule has 0 fully saturated rings. The fourth-order valence-corrected chi connectivity index (χ4v) is 2.19. The summed E-state index contributed by atoms with van der Waals surface area (Å²) in [4.78, 5) is 8.91. The van der Waals surface area contributed by atoms with E-state index in [0.717, 1.165) is 31.9 Å². The van der Waals surface area contributed by atoms with Crippen LogP contribution in [0.4, 0.5) is 0 Å². The smallest absolute Gasteiger partial charge is 0.128 e. The number of rotatable bonds is 2. The summed E-state index contributed by atoms with van der Waals surface area (Å²) in [6.07, 6.45) is 2.32. The Morgan fingerprint density at radius 1 is 0.938 bits per heavy atom. The lowest BCUT2D eigenvalue weighted by atomic mass is 10.1. The van der Waals surface area contributed by atoms with Gasteiger partial charge in [0.1, 0.15) is 5.84 Å². The minimum Gasteiger partial charge on any atom is -0.368 e. The van der Waals surface area contributed by atoms with Crippen molar-refractivity contribution in [1.29, 1.82) is 0 Å². The third kappa shape index (κ3) is 1.73. The Bertz CT molecular complexity index is 400. The van der Waals surface area contributed by atoms with Crippen LogP contribution in [-0.4, -0.2) is 31.2 Å². The molecule has 1 N–H and O–H groups in total. The van der Waals surface area contributed by atoms with Gasteiger partial charge in [-0.1, -0.05) is 24.3 Å². The average Bonchev–Trinajstić information content (AvgIpc) is 3.03. The number of amidine groups is 1. The van der Waals surface area contributed by atoms with E-state index in [1.807, 2.05) is 0 Å². The first-order chi connectivity index (χ1) is 7.93. The predicted octanol–water partition coefficient (Wildman–Crippen LogP) is 1.62. The van der Waals surface area contributed by atoms with Crippen LogP contribution >= 0.6 is 0 Å². The highest BCUT2D eigenvalue weighted by molar-refractivity contribution is 6.03. The van der Waals surface area contributed by atoms with Crippen LogP contribution in [0.2, 0.25) is 0 Å². The highest BCUT2D eigenvalue weighted by atomic mass is 15.1. The van der Waals surface area contributed by atoms with E-state index in [1.165, 1.54) is 23.3 Å². The van der Waals surface area contributed by atoms with Crippen LogP contribution in [0.15, 0.2) is 34.3 Å². The van der Waals surface area contributed by atoms with Gasteiger partial charge in [0.15, 0.2) is 0 Å². The second kappa shape index (κ2) is 4.08. The minimum atomic E-state index is 0.893. The molecule has 1 aromatic rings. The van der Waals surface area contributed by atoms with E-state index in [4.69, 9.17) is 0 Å². The molecule has 0 amide bonds. The van der Waals surface area contributed by atoms with Crippen molar-refractivity contribution in [1.82, 2.24) is 5.32 Å².